The Labute approximate surface area is 151 Å². The van der Waals surface area contributed by atoms with E-state index in [2.05, 4.69) is 9.97 Å². The third-order valence-electron chi connectivity index (χ3n) is 3.48. The lowest BCUT2D eigenvalue weighted by Gasteiger charge is -2.13. The molecular weight excluding hydrogens is 367 g/mol. The molecule has 0 fully saturated rings. The number of ether oxygens (including phenoxy) is 1. The fourth-order valence-corrected chi connectivity index (χ4v) is 3.22. The SMILES string of the molecule is CCCSc1nc2cc[nH]c2c(=O)n1-c1ccc(OCC(F)(F)F)cc1. The minimum atomic E-state index is -4.40. The van der Waals surface area contributed by atoms with Crippen LogP contribution in [0.15, 0.2) is 46.5 Å². The van der Waals surface area contributed by atoms with E-state index >= 15 is 0 Å². The van der Waals surface area contributed by atoms with Gasteiger partial charge in [-0.05, 0) is 36.8 Å². The zero-order chi connectivity index (χ0) is 18.7. The van der Waals surface area contributed by atoms with Gasteiger partial charge in [0.2, 0.25) is 0 Å². The Kier molecular flexibility index (Phi) is 5.26. The van der Waals surface area contributed by atoms with Crippen molar-refractivity contribution in [2.24, 2.45) is 0 Å². The van der Waals surface area contributed by atoms with Gasteiger partial charge in [0.05, 0.1) is 11.2 Å². The number of hydrogen-bond donors (Lipinski definition) is 1. The van der Waals surface area contributed by atoms with Crippen LogP contribution in [0.25, 0.3) is 16.7 Å². The minimum absolute atomic E-state index is 0.0794. The number of benzene rings is 1. The second kappa shape index (κ2) is 7.45. The maximum atomic E-state index is 12.8. The van der Waals surface area contributed by atoms with Crippen LogP contribution in [-0.2, 0) is 0 Å². The molecule has 0 radical (unpaired) electrons. The smallest absolute Gasteiger partial charge is 0.422 e. The number of fused-ring (bicyclic) bond motifs is 1. The molecule has 3 rings (SSSR count). The van der Waals surface area contributed by atoms with E-state index in [9.17, 15) is 18.0 Å². The Morgan fingerprint density at radius 1 is 1.23 bits per heavy atom. The molecule has 0 aliphatic rings. The highest BCUT2D eigenvalue weighted by atomic mass is 32.2. The fraction of sp³-hybridized carbons (Fsp3) is 0.294. The van der Waals surface area contributed by atoms with Gasteiger partial charge >= 0.3 is 6.18 Å². The van der Waals surface area contributed by atoms with Gasteiger partial charge in [0.25, 0.3) is 5.56 Å². The fourth-order valence-electron chi connectivity index (χ4n) is 2.35. The van der Waals surface area contributed by atoms with Crippen molar-refractivity contribution >= 4 is 22.8 Å². The summed E-state index contributed by atoms with van der Waals surface area (Å²) >= 11 is 1.45. The van der Waals surface area contributed by atoms with Crippen molar-refractivity contribution in [2.75, 3.05) is 12.4 Å². The van der Waals surface area contributed by atoms with Gasteiger partial charge in [0.15, 0.2) is 11.8 Å². The number of aromatic amines is 1. The number of aromatic nitrogens is 3. The average Bonchev–Trinajstić information content (AvgIpc) is 3.07. The molecule has 0 amide bonds. The Balaban J connectivity index is 1.98. The zero-order valence-corrected chi connectivity index (χ0v) is 14.7. The van der Waals surface area contributed by atoms with E-state index in [4.69, 9.17) is 4.74 Å². The highest BCUT2D eigenvalue weighted by Crippen LogP contribution is 2.24. The third-order valence-corrected chi connectivity index (χ3v) is 4.63. The van der Waals surface area contributed by atoms with Gasteiger partial charge in [0.1, 0.15) is 11.3 Å². The molecule has 1 N–H and O–H groups in total. The summed E-state index contributed by atoms with van der Waals surface area (Å²) in [7, 11) is 0. The number of rotatable bonds is 6. The topological polar surface area (TPSA) is 59.9 Å². The summed E-state index contributed by atoms with van der Waals surface area (Å²) in [6.07, 6.45) is -1.84. The quantitative estimate of drug-likeness (QED) is 0.513. The maximum Gasteiger partial charge on any atom is 0.422 e. The molecule has 0 aliphatic carbocycles. The Morgan fingerprint density at radius 3 is 2.62 bits per heavy atom. The van der Waals surface area contributed by atoms with Crippen LogP contribution in [0.3, 0.4) is 0 Å². The molecule has 26 heavy (non-hydrogen) atoms. The van der Waals surface area contributed by atoms with Gasteiger partial charge in [-0.25, -0.2) is 4.98 Å². The van der Waals surface area contributed by atoms with Gasteiger partial charge < -0.3 is 9.72 Å². The Bertz CT molecular complexity index is 949. The van der Waals surface area contributed by atoms with Gasteiger partial charge in [0, 0.05) is 11.9 Å². The van der Waals surface area contributed by atoms with Crippen molar-refractivity contribution in [3.8, 4) is 11.4 Å². The summed E-state index contributed by atoms with van der Waals surface area (Å²) < 4.78 is 42.9. The van der Waals surface area contributed by atoms with Crippen molar-refractivity contribution < 1.29 is 17.9 Å². The first-order valence-corrected chi connectivity index (χ1v) is 8.90. The van der Waals surface area contributed by atoms with Gasteiger partial charge in [-0.2, -0.15) is 13.2 Å². The monoisotopic (exact) mass is 383 g/mol. The Morgan fingerprint density at radius 2 is 1.96 bits per heavy atom. The van der Waals surface area contributed by atoms with Crippen molar-refractivity contribution in [3.05, 3.63) is 46.9 Å². The van der Waals surface area contributed by atoms with Crippen LogP contribution in [0.5, 0.6) is 5.75 Å². The van der Waals surface area contributed by atoms with E-state index in [0.717, 1.165) is 12.2 Å². The normalized spacial score (nSPS) is 11.8. The summed E-state index contributed by atoms with van der Waals surface area (Å²) in [6, 6.07) is 7.62. The maximum absolute atomic E-state index is 12.8. The number of alkyl halides is 3. The number of H-pyrrole nitrogens is 1. The largest absolute Gasteiger partial charge is 0.484 e. The average molecular weight is 383 g/mol. The van der Waals surface area contributed by atoms with Gasteiger partial charge in [-0.3, -0.25) is 9.36 Å². The lowest BCUT2D eigenvalue weighted by atomic mass is 10.3. The number of nitrogens with zero attached hydrogens (tertiary/aromatic N) is 2. The number of hydrogen-bond acceptors (Lipinski definition) is 4. The third kappa shape index (κ3) is 4.04. The highest BCUT2D eigenvalue weighted by molar-refractivity contribution is 7.99. The van der Waals surface area contributed by atoms with Crippen LogP contribution < -0.4 is 10.3 Å². The molecule has 0 saturated carbocycles. The van der Waals surface area contributed by atoms with Crippen LogP contribution in [0.1, 0.15) is 13.3 Å². The second-order valence-corrected chi connectivity index (χ2v) is 6.58. The van der Waals surface area contributed by atoms with Gasteiger partial charge in [-0.1, -0.05) is 18.7 Å². The molecule has 0 unspecified atom stereocenters. The molecular formula is C17H16F3N3O2S. The molecule has 1 aromatic carbocycles. The lowest BCUT2D eigenvalue weighted by molar-refractivity contribution is -0.153. The summed E-state index contributed by atoms with van der Waals surface area (Å²) in [6.45, 7) is 0.664. The zero-order valence-electron chi connectivity index (χ0n) is 13.8. The summed E-state index contributed by atoms with van der Waals surface area (Å²) in [4.78, 5) is 20.2. The lowest BCUT2D eigenvalue weighted by Crippen LogP contribution is -2.22. The summed E-state index contributed by atoms with van der Waals surface area (Å²) in [5.74, 6) is 0.866. The second-order valence-electron chi connectivity index (χ2n) is 5.52. The van der Waals surface area contributed by atoms with E-state index in [-0.39, 0.29) is 11.3 Å². The molecule has 0 saturated heterocycles. The predicted molar refractivity (Wildman–Crippen MR) is 94.3 cm³/mol. The van der Waals surface area contributed by atoms with Crippen molar-refractivity contribution in [2.45, 2.75) is 24.7 Å². The molecule has 9 heteroatoms. The Hall–Kier alpha value is -2.42. The van der Waals surface area contributed by atoms with Crippen molar-refractivity contribution in [1.82, 2.24) is 14.5 Å². The molecule has 5 nitrogen and oxygen atoms in total. The molecule has 0 bridgehead atoms. The van der Waals surface area contributed by atoms with Crippen molar-refractivity contribution in [3.63, 3.8) is 0 Å². The molecule has 2 aromatic heterocycles. The molecule has 0 spiro atoms. The van der Waals surface area contributed by atoms with E-state index < -0.39 is 12.8 Å². The molecule has 0 aliphatic heterocycles. The van der Waals surface area contributed by atoms with Crippen LogP contribution in [0, 0.1) is 0 Å². The standard InChI is InChI=1S/C17H16F3N3O2S/c1-2-9-26-16-22-13-7-8-21-14(13)15(24)23(16)11-3-5-12(6-4-11)25-10-17(18,19)20/h3-8,21H,2,9-10H2,1H3. The van der Waals surface area contributed by atoms with Crippen LogP contribution >= 0.6 is 11.8 Å². The van der Waals surface area contributed by atoms with Crippen LogP contribution in [-0.4, -0.2) is 33.1 Å². The van der Waals surface area contributed by atoms with Crippen molar-refractivity contribution in [1.29, 1.82) is 0 Å². The van der Waals surface area contributed by atoms with Crippen LogP contribution in [0.2, 0.25) is 0 Å². The van der Waals surface area contributed by atoms with E-state index in [1.165, 1.54) is 28.5 Å². The van der Waals surface area contributed by atoms with Gasteiger partial charge in [-0.15, -0.1) is 0 Å². The number of nitrogens with one attached hydrogen (secondary N) is 1. The van der Waals surface area contributed by atoms with E-state index in [1.807, 2.05) is 6.92 Å². The minimum Gasteiger partial charge on any atom is -0.484 e. The highest BCUT2D eigenvalue weighted by Gasteiger charge is 2.28. The first-order valence-electron chi connectivity index (χ1n) is 7.92. The summed E-state index contributed by atoms with van der Waals surface area (Å²) in [5.41, 5.74) is 1.21. The molecule has 2 heterocycles. The van der Waals surface area contributed by atoms with Crippen LogP contribution in [0.4, 0.5) is 13.2 Å². The van der Waals surface area contributed by atoms with E-state index in [1.54, 1.807) is 24.4 Å². The van der Waals surface area contributed by atoms with E-state index in [0.29, 0.717) is 21.9 Å². The molecule has 3 aromatic rings. The molecule has 138 valence electrons. The predicted octanol–water partition coefficient (Wildman–Crippen LogP) is 4.16. The number of thioether (sulfide) groups is 1. The first-order chi connectivity index (χ1) is 12.4. The summed E-state index contributed by atoms with van der Waals surface area (Å²) in [5, 5.41) is 0.535. The first kappa shape index (κ1) is 18.4. The number of halogens is 3. The molecule has 0 atom stereocenters.